The number of nitrogens with zero attached hydrogens (tertiary/aromatic N) is 4. The molecule has 38 heavy (non-hydrogen) atoms. The first-order valence-corrected chi connectivity index (χ1v) is 12.5. The lowest BCUT2D eigenvalue weighted by Gasteiger charge is -2.28. The smallest absolute Gasteiger partial charge is 0.255 e. The maximum Gasteiger partial charge on any atom is 0.255 e. The Labute approximate surface area is 226 Å². The molecular formula is C27H24BrFN6O3. The molecule has 2 heterocycles. The molecule has 194 valence electrons. The van der Waals surface area contributed by atoms with Gasteiger partial charge in [0.15, 0.2) is 11.5 Å². The number of amides is 1. The summed E-state index contributed by atoms with van der Waals surface area (Å²) in [6, 6.07) is 16.9. The maximum atomic E-state index is 14.1. The van der Waals surface area contributed by atoms with Crippen LogP contribution < -0.4 is 20.1 Å². The SMILES string of the molecule is COc1cc(C2C(C(=O)Nc3ccccc3C)=C(C)Nc3nnnn32)cc(Br)c1OCc1ccccc1F. The summed E-state index contributed by atoms with van der Waals surface area (Å²) in [5.74, 6) is 0.539. The third-order valence-electron chi connectivity index (χ3n) is 6.25. The van der Waals surface area contributed by atoms with Crippen molar-refractivity contribution in [2.75, 3.05) is 17.7 Å². The van der Waals surface area contributed by atoms with Crippen LogP contribution >= 0.6 is 15.9 Å². The number of anilines is 2. The van der Waals surface area contributed by atoms with Crippen LogP contribution in [0, 0.1) is 12.7 Å². The highest BCUT2D eigenvalue weighted by Crippen LogP contribution is 2.43. The second-order valence-corrected chi connectivity index (χ2v) is 9.55. The highest BCUT2D eigenvalue weighted by molar-refractivity contribution is 9.10. The number of halogens is 2. The average Bonchev–Trinajstić information content (AvgIpc) is 3.37. The molecule has 0 saturated heterocycles. The molecule has 0 radical (unpaired) electrons. The number of aryl methyl sites for hydroxylation is 1. The first kappa shape index (κ1) is 25.4. The first-order chi connectivity index (χ1) is 18.4. The van der Waals surface area contributed by atoms with E-state index in [2.05, 4.69) is 42.1 Å². The zero-order valence-corrected chi connectivity index (χ0v) is 22.4. The quantitative estimate of drug-likeness (QED) is 0.302. The summed E-state index contributed by atoms with van der Waals surface area (Å²) in [5.41, 5.74) is 3.77. The van der Waals surface area contributed by atoms with Gasteiger partial charge in [-0.05, 0) is 75.6 Å². The summed E-state index contributed by atoms with van der Waals surface area (Å²) >= 11 is 3.57. The number of tetrazole rings is 1. The molecule has 1 amide bonds. The van der Waals surface area contributed by atoms with Crippen LogP contribution in [0.4, 0.5) is 16.0 Å². The van der Waals surface area contributed by atoms with E-state index in [-0.39, 0.29) is 18.3 Å². The van der Waals surface area contributed by atoms with E-state index in [1.165, 1.54) is 13.2 Å². The molecule has 2 N–H and O–H groups in total. The molecular weight excluding hydrogens is 555 g/mol. The van der Waals surface area contributed by atoms with Gasteiger partial charge in [-0.1, -0.05) is 41.5 Å². The molecule has 5 rings (SSSR count). The maximum absolute atomic E-state index is 14.1. The predicted octanol–water partition coefficient (Wildman–Crippen LogP) is 5.40. The summed E-state index contributed by atoms with van der Waals surface area (Å²) in [6.07, 6.45) is 0. The topological polar surface area (TPSA) is 103 Å². The second kappa shape index (κ2) is 10.6. The van der Waals surface area contributed by atoms with E-state index in [0.29, 0.717) is 50.0 Å². The minimum Gasteiger partial charge on any atom is -0.493 e. The molecule has 0 fully saturated rings. The van der Waals surface area contributed by atoms with Gasteiger partial charge in [-0.15, -0.1) is 0 Å². The van der Waals surface area contributed by atoms with Crippen LogP contribution in [0.25, 0.3) is 0 Å². The number of fused-ring (bicyclic) bond motifs is 1. The zero-order chi connectivity index (χ0) is 26.8. The van der Waals surface area contributed by atoms with E-state index >= 15 is 0 Å². The number of ether oxygens (including phenoxy) is 2. The Hall–Kier alpha value is -4.25. The summed E-state index contributed by atoms with van der Waals surface area (Å²) in [5, 5.41) is 18.1. The lowest BCUT2D eigenvalue weighted by molar-refractivity contribution is -0.113. The van der Waals surface area contributed by atoms with Gasteiger partial charge in [0.2, 0.25) is 5.95 Å². The number of hydrogen-bond donors (Lipinski definition) is 2. The van der Waals surface area contributed by atoms with E-state index in [0.717, 1.165) is 5.56 Å². The number of rotatable bonds is 7. The van der Waals surface area contributed by atoms with Crippen molar-refractivity contribution in [3.05, 3.63) is 98.9 Å². The Bertz CT molecular complexity index is 1550. The Morgan fingerprint density at radius 1 is 1.16 bits per heavy atom. The lowest BCUT2D eigenvalue weighted by Crippen LogP contribution is -2.31. The van der Waals surface area contributed by atoms with Gasteiger partial charge in [0.1, 0.15) is 18.5 Å². The van der Waals surface area contributed by atoms with Crippen LogP contribution in [0.3, 0.4) is 0 Å². The number of nitrogens with one attached hydrogen (secondary N) is 2. The number of aromatic nitrogens is 4. The molecule has 9 nitrogen and oxygen atoms in total. The van der Waals surface area contributed by atoms with E-state index in [1.807, 2.05) is 37.3 Å². The van der Waals surface area contributed by atoms with Gasteiger partial charge >= 0.3 is 0 Å². The molecule has 3 aromatic carbocycles. The molecule has 1 atom stereocenters. The largest absolute Gasteiger partial charge is 0.493 e. The highest BCUT2D eigenvalue weighted by Gasteiger charge is 2.35. The summed E-state index contributed by atoms with van der Waals surface area (Å²) in [4.78, 5) is 13.6. The lowest BCUT2D eigenvalue weighted by atomic mass is 9.94. The van der Waals surface area contributed by atoms with Crippen molar-refractivity contribution >= 4 is 33.5 Å². The van der Waals surface area contributed by atoms with Gasteiger partial charge < -0.3 is 20.1 Å². The van der Waals surface area contributed by atoms with Crippen LogP contribution in [0.15, 0.2) is 76.4 Å². The number of carbonyl (C=O) groups excluding carboxylic acids is 1. The fraction of sp³-hybridized carbons (Fsp3) is 0.185. The van der Waals surface area contributed by atoms with Crippen LogP contribution in [0.2, 0.25) is 0 Å². The van der Waals surface area contributed by atoms with Gasteiger partial charge in [0.25, 0.3) is 5.91 Å². The van der Waals surface area contributed by atoms with E-state index < -0.39 is 6.04 Å². The monoisotopic (exact) mass is 578 g/mol. The molecule has 0 saturated carbocycles. The Kier molecular flexibility index (Phi) is 7.10. The fourth-order valence-electron chi connectivity index (χ4n) is 4.32. The average molecular weight is 579 g/mol. The minimum absolute atomic E-state index is 0.00850. The summed E-state index contributed by atoms with van der Waals surface area (Å²) in [7, 11) is 1.51. The van der Waals surface area contributed by atoms with E-state index in [9.17, 15) is 9.18 Å². The molecule has 0 spiro atoms. The van der Waals surface area contributed by atoms with Crippen LogP contribution in [0.1, 0.15) is 29.7 Å². The third kappa shape index (κ3) is 4.84. The standard InChI is InChI=1S/C27H24BrFN6O3/c1-15-8-4-7-11-21(15)31-26(36)23-16(2)30-27-32-33-34-35(27)24(23)18-12-19(28)25(22(13-18)37-3)38-14-17-9-5-6-10-20(17)29/h4-13,24H,14H2,1-3H3,(H,31,36)(H,30,32,34). The third-order valence-corrected chi connectivity index (χ3v) is 6.84. The van der Waals surface area contributed by atoms with Gasteiger partial charge in [-0.2, -0.15) is 4.68 Å². The van der Waals surface area contributed by atoms with Gasteiger partial charge in [0, 0.05) is 16.9 Å². The number of methoxy groups -OCH3 is 1. The first-order valence-electron chi connectivity index (χ1n) is 11.7. The molecule has 1 aromatic heterocycles. The number of allylic oxidation sites excluding steroid dienone is 1. The van der Waals surface area contributed by atoms with Crippen molar-refractivity contribution in [3.8, 4) is 11.5 Å². The predicted molar refractivity (Wildman–Crippen MR) is 144 cm³/mol. The van der Waals surface area contributed by atoms with Crippen molar-refractivity contribution in [1.82, 2.24) is 20.2 Å². The second-order valence-electron chi connectivity index (χ2n) is 8.70. The molecule has 4 aromatic rings. The van der Waals surface area contributed by atoms with E-state index in [4.69, 9.17) is 9.47 Å². The number of benzene rings is 3. The van der Waals surface area contributed by atoms with Crippen LogP contribution in [-0.4, -0.2) is 33.2 Å². The molecule has 1 aliphatic rings. The van der Waals surface area contributed by atoms with Crippen LogP contribution in [-0.2, 0) is 11.4 Å². The Morgan fingerprint density at radius 3 is 2.68 bits per heavy atom. The molecule has 0 bridgehead atoms. The fourth-order valence-corrected chi connectivity index (χ4v) is 4.89. The van der Waals surface area contributed by atoms with Crippen LogP contribution in [0.5, 0.6) is 11.5 Å². The van der Waals surface area contributed by atoms with Crippen molar-refractivity contribution in [1.29, 1.82) is 0 Å². The zero-order valence-electron chi connectivity index (χ0n) is 20.8. The number of hydrogen-bond acceptors (Lipinski definition) is 7. The Morgan fingerprint density at radius 2 is 1.92 bits per heavy atom. The van der Waals surface area contributed by atoms with Crippen molar-refractivity contribution in [3.63, 3.8) is 0 Å². The molecule has 11 heteroatoms. The highest BCUT2D eigenvalue weighted by atomic mass is 79.9. The summed E-state index contributed by atoms with van der Waals surface area (Å²) in [6.45, 7) is 3.74. The Balaban J connectivity index is 1.53. The van der Waals surface area contributed by atoms with Gasteiger partial charge in [-0.3, -0.25) is 4.79 Å². The normalized spacial score (nSPS) is 14.5. The van der Waals surface area contributed by atoms with Crippen molar-refractivity contribution in [2.45, 2.75) is 26.5 Å². The van der Waals surface area contributed by atoms with Crippen molar-refractivity contribution in [2.24, 2.45) is 0 Å². The number of carbonyl (C=O) groups is 1. The van der Waals surface area contributed by atoms with Gasteiger partial charge in [0.05, 0.1) is 17.2 Å². The van der Waals surface area contributed by atoms with Gasteiger partial charge in [-0.25, -0.2) is 4.39 Å². The molecule has 1 unspecified atom stereocenters. The summed E-state index contributed by atoms with van der Waals surface area (Å²) < 4.78 is 27.8. The molecule has 1 aliphatic heterocycles. The minimum atomic E-state index is -0.670. The van der Waals surface area contributed by atoms with Crippen molar-refractivity contribution < 1.29 is 18.7 Å². The van der Waals surface area contributed by atoms with E-state index in [1.54, 1.807) is 35.9 Å². The molecule has 0 aliphatic carbocycles. The number of para-hydroxylation sites is 1.